The molecule has 1 saturated heterocycles. The maximum absolute atomic E-state index is 10.4. The van der Waals surface area contributed by atoms with Crippen LogP contribution in [0.5, 0.6) is 0 Å². The average Bonchev–Trinajstić information content (AvgIpc) is 2.11. The molecule has 6 heteroatoms. The molecule has 1 heterocycles. The second-order valence-electron chi connectivity index (χ2n) is 2.25. The van der Waals surface area contributed by atoms with Crippen LogP contribution in [-0.2, 0) is 14.9 Å². The lowest BCUT2D eigenvalue weighted by Crippen LogP contribution is -2.38. The van der Waals surface area contributed by atoms with E-state index in [1.807, 2.05) is 0 Å². The van der Waals surface area contributed by atoms with E-state index in [1.165, 1.54) is 0 Å². The molecule has 60 valence electrons. The van der Waals surface area contributed by atoms with E-state index in [1.54, 1.807) is 0 Å². The molecule has 0 aromatic rings. The number of nitrogens with two attached hydrogens (primary N) is 1. The van der Waals surface area contributed by atoms with Crippen molar-refractivity contribution in [3.05, 3.63) is 0 Å². The van der Waals surface area contributed by atoms with E-state index < -0.39 is 21.4 Å². The third kappa shape index (κ3) is 1.46. The third-order valence-corrected chi connectivity index (χ3v) is 2.70. The van der Waals surface area contributed by atoms with Crippen LogP contribution < -0.4 is 5.73 Å². The first-order valence-corrected chi connectivity index (χ1v) is 4.32. The average molecular weight is 167 g/mol. The molecule has 1 fully saturated rings. The van der Waals surface area contributed by atoms with Gasteiger partial charge in [0, 0.05) is 6.04 Å². The minimum absolute atomic E-state index is 0. The van der Waals surface area contributed by atoms with Gasteiger partial charge < -0.3 is 10.5 Å². The number of rotatable bonds is 1. The normalized spacial score (nSPS) is 34.6. The second kappa shape index (κ2) is 2.46. The summed E-state index contributed by atoms with van der Waals surface area (Å²) in [6.07, 6.45) is 0. The summed E-state index contributed by atoms with van der Waals surface area (Å²) < 4.78 is 34.1. The SMILES string of the molecule is N[C@@H]1COC[C@@H]1S(=O)(=O)O. The Labute approximate surface area is 58.9 Å². The highest BCUT2D eigenvalue weighted by molar-refractivity contribution is 7.86. The van der Waals surface area contributed by atoms with Gasteiger partial charge in [-0.1, -0.05) is 0 Å². The lowest BCUT2D eigenvalue weighted by Gasteiger charge is -2.07. The first-order chi connectivity index (χ1) is 4.52. The van der Waals surface area contributed by atoms with E-state index in [9.17, 15) is 8.42 Å². The Balaban J connectivity index is 2.74. The van der Waals surface area contributed by atoms with Crippen LogP contribution in [0.3, 0.4) is 0 Å². The Hall–Kier alpha value is -0.170. The van der Waals surface area contributed by atoms with E-state index in [0.29, 0.717) is 0 Å². The molecular weight excluding hydrogens is 158 g/mol. The third-order valence-electron chi connectivity index (χ3n) is 1.45. The molecule has 1 aliphatic rings. The number of ether oxygens (including phenoxy) is 1. The molecule has 0 saturated carbocycles. The van der Waals surface area contributed by atoms with Crippen LogP contribution >= 0.6 is 0 Å². The van der Waals surface area contributed by atoms with E-state index in [4.69, 9.17) is 15.0 Å². The van der Waals surface area contributed by atoms with Crippen LogP contribution in [0.4, 0.5) is 0 Å². The minimum Gasteiger partial charge on any atom is -0.378 e. The maximum atomic E-state index is 10.4. The highest BCUT2D eigenvalue weighted by Gasteiger charge is 2.34. The zero-order chi connectivity index (χ0) is 7.78. The molecule has 10 heavy (non-hydrogen) atoms. The van der Waals surface area contributed by atoms with Crippen LogP contribution in [0.1, 0.15) is 0 Å². The van der Waals surface area contributed by atoms with Crippen molar-refractivity contribution in [2.45, 2.75) is 11.3 Å². The van der Waals surface area contributed by atoms with Gasteiger partial charge in [0.15, 0.2) is 0 Å². The molecule has 1 aliphatic heterocycles. The summed E-state index contributed by atoms with van der Waals surface area (Å²) in [6, 6.07) is -0.588. The molecule has 0 aliphatic carbocycles. The van der Waals surface area contributed by atoms with Crippen molar-refractivity contribution in [2.75, 3.05) is 13.2 Å². The van der Waals surface area contributed by atoms with Gasteiger partial charge in [0.1, 0.15) is 5.25 Å². The van der Waals surface area contributed by atoms with Gasteiger partial charge in [-0.2, -0.15) is 8.42 Å². The molecular formula is C4H9NO4S. The van der Waals surface area contributed by atoms with E-state index in [0.717, 1.165) is 0 Å². The van der Waals surface area contributed by atoms with Gasteiger partial charge in [-0.25, -0.2) is 0 Å². The Morgan fingerprint density at radius 3 is 2.30 bits per heavy atom. The number of hydrogen-bond donors (Lipinski definition) is 2. The molecule has 0 spiro atoms. The van der Waals surface area contributed by atoms with Crippen LogP contribution in [0.25, 0.3) is 0 Å². The standard InChI is InChI=1S/C4H9NO4S/c5-3-1-9-2-4(3)10(6,7)8/h3-4H,1-2,5H2,(H,6,7,8)/t3-,4+/m1/s1. The lowest BCUT2D eigenvalue weighted by molar-refractivity contribution is 0.194. The smallest absolute Gasteiger partial charge is 0.271 e. The fourth-order valence-electron chi connectivity index (χ4n) is 0.858. The molecule has 0 bridgehead atoms. The van der Waals surface area contributed by atoms with Gasteiger partial charge in [0.2, 0.25) is 0 Å². The van der Waals surface area contributed by atoms with Crippen molar-refractivity contribution in [1.82, 2.24) is 0 Å². The Bertz CT molecular complexity index is 211. The van der Waals surface area contributed by atoms with Gasteiger partial charge in [-0.3, -0.25) is 4.55 Å². The van der Waals surface area contributed by atoms with Gasteiger partial charge in [-0.05, 0) is 0 Å². The minimum atomic E-state index is -4.00. The number of hydrogen-bond acceptors (Lipinski definition) is 4. The summed E-state index contributed by atoms with van der Waals surface area (Å²) in [7, 11) is -4.00. The second-order valence-corrected chi connectivity index (χ2v) is 3.89. The Kier molecular flexibility index (Phi) is 1.95. The lowest BCUT2D eigenvalue weighted by atomic mass is 10.3. The molecule has 3 N–H and O–H groups in total. The summed E-state index contributed by atoms with van der Waals surface area (Å²) in [5.74, 6) is 0. The summed E-state index contributed by atoms with van der Waals surface area (Å²) in [4.78, 5) is 0. The fourth-order valence-corrected chi connectivity index (χ4v) is 1.65. The van der Waals surface area contributed by atoms with Crippen LogP contribution in [0, 0.1) is 0 Å². The maximum Gasteiger partial charge on any atom is 0.271 e. The topological polar surface area (TPSA) is 89.6 Å². The molecule has 0 radical (unpaired) electrons. The predicted molar refractivity (Wildman–Crippen MR) is 34.1 cm³/mol. The van der Waals surface area contributed by atoms with Crippen molar-refractivity contribution in [2.24, 2.45) is 5.73 Å². The zero-order valence-corrected chi connectivity index (χ0v) is 6.04. The van der Waals surface area contributed by atoms with Crippen LogP contribution in [0.15, 0.2) is 0 Å². The molecule has 0 aromatic carbocycles. The van der Waals surface area contributed by atoms with Gasteiger partial charge >= 0.3 is 0 Å². The van der Waals surface area contributed by atoms with Gasteiger partial charge in [0.25, 0.3) is 10.1 Å². The van der Waals surface area contributed by atoms with Crippen molar-refractivity contribution in [1.29, 1.82) is 0 Å². The molecule has 0 aromatic heterocycles. The molecule has 2 atom stereocenters. The summed E-state index contributed by atoms with van der Waals surface area (Å²) in [5, 5.41) is -0.938. The summed E-state index contributed by atoms with van der Waals surface area (Å²) >= 11 is 0. The predicted octanol–water partition coefficient (Wildman–Crippen LogP) is -1.40. The molecule has 0 unspecified atom stereocenters. The quantitative estimate of drug-likeness (QED) is 0.469. The monoisotopic (exact) mass is 167 g/mol. The van der Waals surface area contributed by atoms with Crippen LogP contribution in [0.2, 0.25) is 0 Å². The Morgan fingerprint density at radius 2 is 2.10 bits per heavy atom. The molecule has 5 nitrogen and oxygen atoms in total. The van der Waals surface area contributed by atoms with Crippen molar-refractivity contribution in [3.8, 4) is 0 Å². The van der Waals surface area contributed by atoms with E-state index >= 15 is 0 Å². The van der Waals surface area contributed by atoms with E-state index in [-0.39, 0.29) is 13.2 Å². The highest BCUT2D eigenvalue weighted by Crippen LogP contribution is 2.10. The van der Waals surface area contributed by atoms with Gasteiger partial charge in [-0.15, -0.1) is 0 Å². The summed E-state index contributed by atoms with van der Waals surface area (Å²) in [5.41, 5.74) is 5.30. The van der Waals surface area contributed by atoms with E-state index in [2.05, 4.69) is 0 Å². The Morgan fingerprint density at radius 1 is 1.50 bits per heavy atom. The largest absolute Gasteiger partial charge is 0.378 e. The van der Waals surface area contributed by atoms with Crippen molar-refractivity contribution < 1.29 is 17.7 Å². The van der Waals surface area contributed by atoms with Crippen LogP contribution in [-0.4, -0.2) is 37.5 Å². The van der Waals surface area contributed by atoms with Crippen molar-refractivity contribution >= 4 is 10.1 Å². The fraction of sp³-hybridized carbons (Fsp3) is 1.00. The first kappa shape index (κ1) is 7.93. The summed E-state index contributed by atoms with van der Waals surface area (Å²) in [6.45, 7) is 0.199. The highest BCUT2D eigenvalue weighted by atomic mass is 32.2. The van der Waals surface area contributed by atoms with Crippen molar-refractivity contribution in [3.63, 3.8) is 0 Å². The first-order valence-electron chi connectivity index (χ1n) is 2.81. The van der Waals surface area contributed by atoms with Gasteiger partial charge in [0.05, 0.1) is 13.2 Å². The molecule has 1 rings (SSSR count). The zero-order valence-electron chi connectivity index (χ0n) is 5.23. The molecule has 0 amide bonds.